The molecule has 2 aliphatic rings. The lowest BCUT2D eigenvalue weighted by Crippen LogP contribution is -2.54. The van der Waals surface area contributed by atoms with Gasteiger partial charge in [-0.1, -0.05) is 0 Å². The molecule has 4 heteroatoms. The molecule has 2 heterocycles. The monoisotopic (exact) mass is 254 g/mol. The van der Waals surface area contributed by atoms with Crippen molar-refractivity contribution in [3.63, 3.8) is 0 Å². The smallest absolute Gasteiger partial charge is 0.0345 e. The van der Waals surface area contributed by atoms with E-state index in [-0.39, 0.29) is 0 Å². The molecule has 1 N–H and O–H groups in total. The molecule has 4 nitrogen and oxygen atoms in total. The molecule has 2 fully saturated rings. The first-order chi connectivity index (χ1) is 8.65. The van der Waals surface area contributed by atoms with Gasteiger partial charge in [0.05, 0.1) is 0 Å². The zero-order chi connectivity index (χ0) is 13.0. The second kappa shape index (κ2) is 6.85. The third-order valence-corrected chi connectivity index (χ3v) is 4.52. The highest BCUT2D eigenvalue weighted by atomic mass is 15.3. The highest BCUT2D eigenvalue weighted by Crippen LogP contribution is 2.14. The van der Waals surface area contributed by atoms with Crippen LogP contribution in [0.4, 0.5) is 0 Å². The summed E-state index contributed by atoms with van der Waals surface area (Å²) in [6, 6.07) is 0.685. The normalized spacial score (nSPS) is 32.8. The molecule has 0 aliphatic carbocycles. The van der Waals surface area contributed by atoms with Crippen molar-refractivity contribution in [1.82, 2.24) is 20.0 Å². The van der Waals surface area contributed by atoms with Gasteiger partial charge in [0, 0.05) is 38.8 Å². The molecule has 2 atom stereocenters. The second-order valence-corrected chi connectivity index (χ2v) is 6.33. The van der Waals surface area contributed by atoms with Crippen molar-refractivity contribution in [2.45, 2.75) is 18.9 Å². The van der Waals surface area contributed by atoms with Crippen LogP contribution in [0.1, 0.15) is 12.8 Å². The maximum absolute atomic E-state index is 3.70. The summed E-state index contributed by atoms with van der Waals surface area (Å²) in [5.74, 6) is 0.857. The third kappa shape index (κ3) is 4.19. The van der Waals surface area contributed by atoms with E-state index in [2.05, 4.69) is 41.2 Å². The van der Waals surface area contributed by atoms with Crippen LogP contribution in [-0.2, 0) is 0 Å². The fourth-order valence-electron chi connectivity index (χ4n) is 3.22. The van der Waals surface area contributed by atoms with Crippen LogP contribution in [0.25, 0.3) is 0 Å². The van der Waals surface area contributed by atoms with Gasteiger partial charge in [0.1, 0.15) is 0 Å². The minimum absolute atomic E-state index is 0.685. The van der Waals surface area contributed by atoms with E-state index in [0.717, 1.165) is 12.5 Å². The number of hydrogen-bond acceptors (Lipinski definition) is 4. The Hall–Kier alpha value is -0.160. The largest absolute Gasteiger partial charge is 0.315 e. The van der Waals surface area contributed by atoms with Crippen molar-refractivity contribution < 1.29 is 0 Å². The Morgan fingerprint density at radius 2 is 1.72 bits per heavy atom. The number of rotatable bonds is 4. The average Bonchev–Trinajstić information content (AvgIpc) is 2.34. The molecule has 18 heavy (non-hydrogen) atoms. The maximum Gasteiger partial charge on any atom is 0.0345 e. The number of nitrogens with zero attached hydrogens (tertiary/aromatic N) is 3. The molecule has 0 saturated carbocycles. The molecule has 106 valence electrons. The average molecular weight is 254 g/mol. The third-order valence-electron chi connectivity index (χ3n) is 4.52. The van der Waals surface area contributed by atoms with Gasteiger partial charge in [0.2, 0.25) is 0 Å². The van der Waals surface area contributed by atoms with Crippen LogP contribution in [-0.4, -0.2) is 87.7 Å². The fourth-order valence-corrected chi connectivity index (χ4v) is 3.22. The molecular formula is C14H30N4. The van der Waals surface area contributed by atoms with Crippen LogP contribution in [0.5, 0.6) is 0 Å². The van der Waals surface area contributed by atoms with Crippen molar-refractivity contribution in [2.24, 2.45) is 5.92 Å². The van der Waals surface area contributed by atoms with Crippen LogP contribution in [0.3, 0.4) is 0 Å². The Morgan fingerprint density at radius 1 is 0.944 bits per heavy atom. The Morgan fingerprint density at radius 3 is 2.50 bits per heavy atom. The molecule has 2 unspecified atom stereocenters. The van der Waals surface area contributed by atoms with E-state index in [1.54, 1.807) is 0 Å². The highest BCUT2D eigenvalue weighted by molar-refractivity contribution is 4.81. The first kappa shape index (κ1) is 14.3. The molecule has 2 saturated heterocycles. The van der Waals surface area contributed by atoms with Gasteiger partial charge in [-0.3, -0.25) is 4.90 Å². The molecule has 2 aliphatic heterocycles. The highest BCUT2D eigenvalue weighted by Gasteiger charge is 2.22. The number of hydrogen-bond donors (Lipinski definition) is 1. The van der Waals surface area contributed by atoms with Gasteiger partial charge in [-0.2, -0.15) is 0 Å². The van der Waals surface area contributed by atoms with Crippen molar-refractivity contribution >= 4 is 0 Å². The number of piperazine rings is 1. The molecule has 0 aromatic heterocycles. The fraction of sp³-hybridized carbons (Fsp3) is 1.00. The SMILES string of the molecule is CN1CCCC(CNCC2CN(C)CCN2C)C1. The quantitative estimate of drug-likeness (QED) is 0.772. The van der Waals surface area contributed by atoms with Crippen molar-refractivity contribution in [1.29, 1.82) is 0 Å². The van der Waals surface area contributed by atoms with Gasteiger partial charge in [-0.05, 0) is 53.0 Å². The first-order valence-electron chi connectivity index (χ1n) is 7.43. The minimum atomic E-state index is 0.685. The van der Waals surface area contributed by atoms with E-state index in [0.29, 0.717) is 6.04 Å². The van der Waals surface area contributed by atoms with Gasteiger partial charge >= 0.3 is 0 Å². The van der Waals surface area contributed by atoms with Gasteiger partial charge < -0.3 is 15.1 Å². The van der Waals surface area contributed by atoms with E-state index >= 15 is 0 Å². The molecule has 0 amide bonds. The van der Waals surface area contributed by atoms with Gasteiger partial charge in [0.25, 0.3) is 0 Å². The van der Waals surface area contributed by atoms with Gasteiger partial charge in [0.15, 0.2) is 0 Å². The minimum Gasteiger partial charge on any atom is -0.315 e. The molecule has 0 aromatic carbocycles. The number of piperidine rings is 1. The maximum atomic E-state index is 3.70. The number of nitrogens with one attached hydrogen (secondary N) is 1. The van der Waals surface area contributed by atoms with E-state index in [1.165, 1.54) is 52.1 Å². The van der Waals surface area contributed by atoms with Crippen LogP contribution in [0, 0.1) is 5.92 Å². The molecule has 0 bridgehead atoms. The van der Waals surface area contributed by atoms with E-state index in [1.807, 2.05) is 0 Å². The predicted octanol–water partition coefficient (Wildman–Crippen LogP) is 0.164. The van der Waals surface area contributed by atoms with Gasteiger partial charge in [-0.15, -0.1) is 0 Å². The second-order valence-electron chi connectivity index (χ2n) is 6.33. The Balaban J connectivity index is 1.64. The lowest BCUT2D eigenvalue weighted by Gasteiger charge is -2.38. The Kier molecular flexibility index (Phi) is 5.42. The Labute approximate surface area is 112 Å². The van der Waals surface area contributed by atoms with Crippen LogP contribution in [0.2, 0.25) is 0 Å². The summed E-state index contributed by atoms with van der Waals surface area (Å²) in [4.78, 5) is 7.41. The summed E-state index contributed by atoms with van der Waals surface area (Å²) in [5.41, 5.74) is 0. The van der Waals surface area contributed by atoms with Crippen molar-refractivity contribution in [3.05, 3.63) is 0 Å². The van der Waals surface area contributed by atoms with Crippen LogP contribution >= 0.6 is 0 Å². The molecule has 0 aromatic rings. The summed E-state index contributed by atoms with van der Waals surface area (Å²) < 4.78 is 0. The summed E-state index contributed by atoms with van der Waals surface area (Å²) in [5, 5.41) is 3.70. The van der Waals surface area contributed by atoms with Crippen LogP contribution in [0.15, 0.2) is 0 Å². The van der Waals surface area contributed by atoms with E-state index in [4.69, 9.17) is 0 Å². The number of likely N-dealkylation sites (N-methyl/N-ethyl adjacent to an activating group) is 2. The lowest BCUT2D eigenvalue weighted by atomic mass is 9.98. The summed E-state index contributed by atoms with van der Waals surface area (Å²) in [6.45, 7) is 8.50. The predicted molar refractivity (Wildman–Crippen MR) is 77.0 cm³/mol. The zero-order valence-corrected chi connectivity index (χ0v) is 12.4. The molecule has 0 radical (unpaired) electrons. The van der Waals surface area contributed by atoms with Crippen molar-refractivity contribution in [3.8, 4) is 0 Å². The van der Waals surface area contributed by atoms with Crippen molar-refractivity contribution in [2.75, 3.05) is 67.0 Å². The topological polar surface area (TPSA) is 21.8 Å². The van der Waals surface area contributed by atoms with E-state index < -0.39 is 0 Å². The van der Waals surface area contributed by atoms with E-state index in [9.17, 15) is 0 Å². The molecule has 2 rings (SSSR count). The molecule has 0 spiro atoms. The zero-order valence-electron chi connectivity index (χ0n) is 12.4. The van der Waals surface area contributed by atoms with Crippen LogP contribution < -0.4 is 5.32 Å². The first-order valence-corrected chi connectivity index (χ1v) is 7.43. The summed E-state index contributed by atoms with van der Waals surface area (Å²) in [7, 11) is 6.74. The summed E-state index contributed by atoms with van der Waals surface area (Å²) in [6.07, 6.45) is 2.77. The number of likely N-dealkylation sites (tertiary alicyclic amines) is 1. The molecular weight excluding hydrogens is 224 g/mol. The standard InChI is InChI=1S/C14H30N4/c1-16-6-4-5-13(11-16)9-15-10-14-12-17(2)7-8-18(14)3/h13-15H,4-12H2,1-3H3. The van der Waals surface area contributed by atoms with Gasteiger partial charge in [-0.25, -0.2) is 0 Å². The lowest BCUT2D eigenvalue weighted by molar-refractivity contribution is 0.111. The Bertz CT molecular complexity index is 246. The summed E-state index contributed by atoms with van der Waals surface area (Å²) >= 11 is 0.